The highest BCUT2D eigenvalue weighted by Crippen LogP contribution is 2.34. The molecule has 3 N–H and O–H groups in total. The van der Waals surface area contributed by atoms with Crippen molar-refractivity contribution in [3.8, 4) is 0 Å². The summed E-state index contributed by atoms with van der Waals surface area (Å²) in [5, 5.41) is 8.89. The molecule has 0 atom stereocenters. The smallest absolute Gasteiger partial charge is 0.383 e. The molecule has 0 unspecified atom stereocenters. The number of amides is 1. The number of hydrogen-bond donors (Lipinski definition) is 3. The summed E-state index contributed by atoms with van der Waals surface area (Å²) in [6.07, 6.45) is -2.20. The molecule has 9 heteroatoms. The van der Waals surface area contributed by atoms with Crippen molar-refractivity contribution in [1.82, 2.24) is 5.32 Å². The van der Waals surface area contributed by atoms with Gasteiger partial charge < -0.3 is 16.0 Å². The third-order valence-electron chi connectivity index (χ3n) is 3.88. The van der Waals surface area contributed by atoms with Crippen LogP contribution in [0.2, 0.25) is 0 Å². The van der Waals surface area contributed by atoms with E-state index in [0.717, 1.165) is 31.6 Å². The summed E-state index contributed by atoms with van der Waals surface area (Å²) in [6, 6.07) is 3.39. The van der Waals surface area contributed by atoms with Crippen LogP contribution in [0.3, 0.4) is 0 Å². The molecule has 25 heavy (non-hydrogen) atoms. The van der Waals surface area contributed by atoms with Gasteiger partial charge in [0.25, 0.3) is 0 Å². The normalized spacial score (nSPS) is 14.9. The van der Waals surface area contributed by atoms with Gasteiger partial charge in [-0.15, -0.1) is 24.8 Å². The molecule has 144 valence electrons. The van der Waals surface area contributed by atoms with Crippen LogP contribution in [0.4, 0.5) is 24.5 Å². The third-order valence-corrected chi connectivity index (χ3v) is 3.88. The summed E-state index contributed by atoms with van der Waals surface area (Å²) in [5.41, 5.74) is -0.0564. The Hall–Kier alpha value is -1.18. The van der Waals surface area contributed by atoms with E-state index in [0.29, 0.717) is 25.1 Å². The number of benzene rings is 1. The van der Waals surface area contributed by atoms with Crippen LogP contribution in [0.5, 0.6) is 0 Å². The van der Waals surface area contributed by atoms with Gasteiger partial charge in [-0.1, -0.05) is 6.92 Å². The zero-order chi connectivity index (χ0) is 16.9. The number of alkyl halides is 3. The molecule has 0 aliphatic carbocycles. The van der Waals surface area contributed by atoms with Gasteiger partial charge in [-0.25, -0.2) is 0 Å². The number of nitrogens with one attached hydrogen (secondary N) is 3. The first-order chi connectivity index (χ1) is 10.9. The van der Waals surface area contributed by atoms with Crippen molar-refractivity contribution in [2.24, 2.45) is 5.92 Å². The van der Waals surface area contributed by atoms with Crippen molar-refractivity contribution < 1.29 is 18.0 Å². The Labute approximate surface area is 158 Å². The van der Waals surface area contributed by atoms with Gasteiger partial charge in [0.05, 0.1) is 16.9 Å². The quantitative estimate of drug-likeness (QED) is 0.688. The molecule has 2 rings (SSSR count). The van der Waals surface area contributed by atoms with E-state index in [1.54, 1.807) is 0 Å². The molecule has 0 saturated carbocycles. The predicted octanol–water partition coefficient (Wildman–Crippen LogP) is 4.31. The lowest BCUT2D eigenvalue weighted by Crippen LogP contribution is -2.34. The molecule has 0 bridgehead atoms. The maximum atomic E-state index is 12.9. The molecule has 1 aliphatic rings. The topological polar surface area (TPSA) is 53.2 Å². The van der Waals surface area contributed by atoms with Gasteiger partial charge in [0.1, 0.15) is 0 Å². The minimum Gasteiger partial charge on any atom is -0.383 e. The maximum absolute atomic E-state index is 12.9. The Balaban J connectivity index is 0.00000288. The molecule has 1 heterocycles. The Morgan fingerprint density at radius 1 is 1.20 bits per heavy atom. The van der Waals surface area contributed by atoms with Crippen molar-refractivity contribution in [2.75, 3.05) is 30.3 Å². The number of anilines is 2. The van der Waals surface area contributed by atoms with Gasteiger partial charge in [0, 0.05) is 12.5 Å². The summed E-state index contributed by atoms with van der Waals surface area (Å²) in [7, 11) is 0. The summed E-state index contributed by atoms with van der Waals surface area (Å²) >= 11 is 0. The zero-order valence-corrected chi connectivity index (χ0v) is 15.5. The lowest BCUT2D eigenvalue weighted by molar-refractivity contribution is -0.137. The number of carbonyl (C=O) groups is 1. The molecule has 1 aromatic rings. The summed E-state index contributed by atoms with van der Waals surface area (Å²) in [4.78, 5) is 12.3. The Morgan fingerprint density at radius 2 is 1.84 bits per heavy atom. The molecule has 4 nitrogen and oxygen atoms in total. The van der Waals surface area contributed by atoms with Crippen molar-refractivity contribution in [3.63, 3.8) is 0 Å². The molecule has 1 saturated heterocycles. The van der Waals surface area contributed by atoms with Crippen molar-refractivity contribution in [3.05, 3.63) is 23.8 Å². The Morgan fingerprint density at radius 3 is 2.40 bits per heavy atom. The number of rotatable bonds is 5. The molecular formula is C16H24Cl2F3N3O. The number of carbonyl (C=O) groups excluding carboxylic acids is 1. The zero-order valence-electron chi connectivity index (χ0n) is 13.9. The number of hydrogen-bond acceptors (Lipinski definition) is 3. The van der Waals surface area contributed by atoms with E-state index >= 15 is 0 Å². The van der Waals surface area contributed by atoms with Gasteiger partial charge >= 0.3 is 6.18 Å². The highest BCUT2D eigenvalue weighted by molar-refractivity contribution is 5.96. The molecule has 0 aromatic heterocycles. The molecular weight excluding hydrogens is 378 g/mol. The van der Waals surface area contributed by atoms with Crippen molar-refractivity contribution in [1.29, 1.82) is 0 Å². The Bertz CT molecular complexity index is 550. The fourth-order valence-electron chi connectivity index (χ4n) is 2.56. The van der Waals surface area contributed by atoms with E-state index in [4.69, 9.17) is 0 Å². The minimum absolute atomic E-state index is 0. The molecule has 1 fully saturated rings. The largest absolute Gasteiger partial charge is 0.416 e. The first-order valence-corrected chi connectivity index (χ1v) is 7.88. The first kappa shape index (κ1) is 23.8. The van der Waals surface area contributed by atoms with Crippen LogP contribution in [0.15, 0.2) is 18.2 Å². The molecule has 1 aromatic carbocycles. The number of piperidine rings is 1. The second kappa shape index (κ2) is 10.7. The summed E-state index contributed by atoms with van der Waals surface area (Å²) in [5.74, 6) is -0.379. The van der Waals surface area contributed by atoms with Crippen LogP contribution < -0.4 is 16.0 Å². The SMILES string of the molecule is CCCNc1ccc(C(F)(F)F)cc1NC(=O)C1CCNCC1.Cl.Cl. The highest BCUT2D eigenvalue weighted by Gasteiger charge is 2.31. The van der Waals surface area contributed by atoms with Gasteiger partial charge in [0.15, 0.2) is 0 Å². The number of halogens is 5. The minimum atomic E-state index is -4.43. The fourth-order valence-corrected chi connectivity index (χ4v) is 2.56. The van der Waals surface area contributed by atoms with E-state index in [2.05, 4.69) is 16.0 Å². The van der Waals surface area contributed by atoms with Gasteiger partial charge in [-0.3, -0.25) is 4.79 Å². The van der Waals surface area contributed by atoms with Crippen molar-refractivity contribution in [2.45, 2.75) is 32.4 Å². The van der Waals surface area contributed by atoms with Crippen LogP contribution >= 0.6 is 24.8 Å². The molecule has 0 spiro atoms. The van der Waals surface area contributed by atoms with Gasteiger partial charge in [-0.2, -0.15) is 13.2 Å². The second-order valence-corrected chi connectivity index (χ2v) is 5.70. The van der Waals surface area contributed by atoms with Gasteiger partial charge in [0.2, 0.25) is 5.91 Å². The first-order valence-electron chi connectivity index (χ1n) is 7.88. The fraction of sp³-hybridized carbons (Fsp3) is 0.562. The Kier molecular flexibility index (Phi) is 10.2. The van der Waals surface area contributed by atoms with E-state index in [-0.39, 0.29) is 42.3 Å². The maximum Gasteiger partial charge on any atom is 0.416 e. The monoisotopic (exact) mass is 401 g/mol. The van der Waals surface area contributed by atoms with Crippen LogP contribution in [0, 0.1) is 5.92 Å². The lowest BCUT2D eigenvalue weighted by atomic mass is 9.97. The second-order valence-electron chi connectivity index (χ2n) is 5.70. The van der Waals surface area contributed by atoms with Crippen LogP contribution in [-0.4, -0.2) is 25.5 Å². The van der Waals surface area contributed by atoms with Crippen LogP contribution in [0.25, 0.3) is 0 Å². The van der Waals surface area contributed by atoms with E-state index < -0.39 is 11.7 Å². The third kappa shape index (κ3) is 6.92. The standard InChI is InChI=1S/C16H22F3N3O.2ClH/c1-2-7-21-13-4-3-12(16(17,18)19)10-14(13)22-15(23)11-5-8-20-9-6-11;;/h3-4,10-11,20-21H,2,5-9H2,1H3,(H,22,23);2*1H. The van der Waals surface area contributed by atoms with Crippen LogP contribution in [-0.2, 0) is 11.0 Å². The lowest BCUT2D eigenvalue weighted by Gasteiger charge is -2.23. The summed E-state index contributed by atoms with van der Waals surface area (Å²) in [6.45, 7) is 4.09. The predicted molar refractivity (Wildman–Crippen MR) is 98.9 cm³/mol. The van der Waals surface area contributed by atoms with Gasteiger partial charge in [-0.05, 0) is 50.6 Å². The average Bonchev–Trinajstić information content (AvgIpc) is 2.53. The van der Waals surface area contributed by atoms with E-state index in [1.165, 1.54) is 6.07 Å². The van der Waals surface area contributed by atoms with E-state index in [1.807, 2.05) is 6.92 Å². The average molecular weight is 402 g/mol. The molecule has 1 aliphatic heterocycles. The highest BCUT2D eigenvalue weighted by atomic mass is 35.5. The van der Waals surface area contributed by atoms with E-state index in [9.17, 15) is 18.0 Å². The van der Waals surface area contributed by atoms with Crippen molar-refractivity contribution >= 4 is 42.1 Å². The molecule has 0 radical (unpaired) electrons. The molecule has 1 amide bonds. The summed E-state index contributed by atoms with van der Waals surface area (Å²) < 4.78 is 38.7. The van der Waals surface area contributed by atoms with Crippen LogP contribution in [0.1, 0.15) is 31.7 Å².